The van der Waals surface area contributed by atoms with E-state index >= 15 is 0 Å². The summed E-state index contributed by atoms with van der Waals surface area (Å²) in [4.78, 5) is 0. The summed E-state index contributed by atoms with van der Waals surface area (Å²) in [5.41, 5.74) is -0.526. The molecule has 0 radical (unpaired) electrons. The SMILES string of the molecule is COC([SiH3])C(OC)(OC)[SiH](C)c1ccccc1. The van der Waals surface area contributed by atoms with E-state index in [1.165, 1.54) is 5.19 Å². The van der Waals surface area contributed by atoms with Crippen molar-refractivity contribution in [2.24, 2.45) is 0 Å². The molecule has 0 aliphatic carbocycles. The minimum absolute atomic E-state index is 0.0411. The Morgan fingerprint density at radius 3 is 2.06 bits per heavy atom. The van der Waals surface area contributed by atoms with Crippen LogP contribution in [0.25, 0.3) is 0 Å². The Bertz CT molecular complexity index is 328. The highest BCUT2D eigenvalue weighted by atomic mass is 28.3. The number of hydrogen-bond donors (Lipinski definition) is 0. The van der Waals surface area contributed by atoms with Crippen LogP contribution in [0.15, 0.2) is 30.3 Å². The summed E-state index contributed by atoms with van der Waals surface area (Å²) in [7, 11) is 4.59. The average molecular weight is 270 g/mol. The highest BCUT2D eigenvalue weighted by Gasteiger charge is 2.43. The summed E-state index contributed by atoms with van der Waals surface area (Å²) >= 11 is 0. The van der Waals surface area contributed by atoms with Gasteiger partial charge in [0.05, 0.1) is 5.73 Å². The largest absolute Gasteiger partial charge is 0.381 e. The molecule has 0 fully saturated rings. The molecule has 1 rings (SSSR count). The van der Waals surface area contributed by atoms with E-state index in [-0.39, 0.29) is 5.73 Å². The van der Waals surface area contributed by atoms with Gasteiger partial charge in [-0.25, -0.2) is 0 Å². The van der Waals surface area contributed by atoms with E-state index in [4.69, 9.17) is 14.2 Å². The number of benzene rings is 1. The van der Waals surface area contributed by atoms with Crippen LogP contribution < -0.4 is 5.19 Å². The van der Waals surface area contributed by atoms with Gasteiger partial charge in [-0.3, -0.25) is 0 Å². The van der Waals surface area contributed by atoms with Gasteiger partial charge in [-0.05, 0) is 0 Å². The zero-order valence-corrected chi connectivity index (χ0v) is 14.4. The number of rotatable bonds is 6. The third-order valence-corrected chi connectivity index (χ3v) is 8.94. The minimum atomic E-state index is -1.42. The van der Waals surface area contributed by atoms with Gasteiger partial charge in [0, 0.05) is 31.6 Å². The smallest absolute Gasteiger partial charge is 0.173 e. The van der Waals surface area contributed by atoms with Crippen LogP contribution in [0.4, 0.5) is 0 Å². The molecule has 0 N–H and O–H groups in total. The fraction of sp³-hybridized carbons (Fsp3) is 0.500. The van der Waals surface area contributed by atoms with Crippen molar-refractivity contribution in [3.8, 4) is 0 Å². The van der Waals surface area contributed by atoms with E-state index in [0.29, 0.717) is 0 Å². The fourth-order valence-corrected chi connectivity index (χ4v) is 7.04. The first-order valence-corrected chi connectivity index (χ1v) is 9.26. The maximum absolute atomic E-state index is 5.71. The molecule has 1 aromatic rings. The van der Waals surface area contributed by atoms with Gasteiger partial charge in [0.25, 0.3) is 0 Å². The number of ether oxygens (including phenoxy) is 3. The van der Waals surface area contributed by atoms with E-state index in [2.05, 4.69) is 30.8 Å². The molecule has 1 aromatic carbocycles. The molecule has 96 valence electrons. The van der Waals surface area contributed by atoms with E-state index in [1.54, 1.807) is 21.3 Å². The topological polar surface area (TPSA) is 27.7 Å². The van der Waals surface area contributed by atoms with Gasteiger partial charge in [0.15, 0.2) is 5.41 Å². The zero-order valence-electron chi connectivity index (χ0n) is 11.3. The van der Waals surface area contributed by atoms with Crippen molar-refractivity contribution in [3.63, 3.8) is 0 Å². The molecule has 0 saturated carbocycles. The first-order chi connectivity index (χ1) is 8.12. The van der Waals surface area contributed by atoms with Crippen molar-refractivity contribution in [1.29, 1.82) is 0 Å². The quantitative estimate of drug-likeness (QED) is 0.521. The van der Waals surface area contributed by atoms with Crippen molar-refractivity contribution >= 4 is 24.2 Å². The first kappa shape index (κ1) is 14.6. The summed E-state index contributed by atoms with van der Waals surface area (Å²) in [6.45, 7) is 2.24. The van der Waals surface area contributed by atoms with Crippen molar-refractivity contribution in [2.45, 2.75) is 17.7 Å². The summed E-state index contributed by atoms with van der Waals surface area (Å²) in [5, 5.41) is 1.33. The molecule has 0 saturated heterocycles. The van der Waals surface area contributed by atoms with Crippen LogP contribution in [-0.4, -0.2) is 51.5 Å². The Labute approximate surface area is 108 Å². The highest BCUT2D eigenvalue weighted by molar-refractivity contribution is 6.75. The number of methoxy groups -OCH3 is 3. The first-order valence-electron chi connectivity index (χ1n) is 5.80. The Morgan fingerprint density at radius 1 is 1.12 bits per heavy atom. The van der Waals surface area contributed by atoms with Gasteiger partial charge in [0.2, 0.25) is 0 Å². The molecule has 0 aliphatic heterocycles. The lowest BCUT2D eigenvalue weighted by molar-refractivity contribution is -0.189. The molecule has 5 heteroatoms. The molecule has 3 nitrogen and oxygen atoms in total. The Morgan fingerprint density at radius 2 is 1.65 bits per heavy atom. The Hall–Kier alpha value is -0.466. The third kappa shape index (κ3) is 2.86. The Balaban J connectivity index is 3.07. The molecule has 2 atom stereocenters. The Kier molecular flexibility index (Phi) is 5.55. The van der Waals surface area contributed by atoms with Gasteiger partial charge in [-0.1, -0.05) is 42.1 Å². The van der Waals surface area contributed by atoms with Crippen LogP contribution in [0.5, 0.6) is 0 Å². The molecule has 17 heavy (non-hydrogen) atoms. The molecule has 0 amide bonds. The highest BCUT2D eigenvalue weighted by Crippen LogP contribution is 2.21. The van der Waals surface area contributed by atoms with Crippen molar-refractivity contribution in [1.82, 2.24) is 0 Å². The van der Waals surface area contributed by atoms with Gasteiger partial charge in [-0.15, -0.1) is 0 Å². The van der Waals surface area contributed by atoms with Gasteiger partial charge in [-0.2, -0.15) is 0 Å². The molecule has 0 spiro atoms. The van der Waals surface area contributed by atoms with Gasteiger partial charge >= 0.3 is 0 Å². The van der Waals surface area contributed by atoms with E-state index in [9.17, 15) is 0 Å². The van der Waals surface area contributed by atoms with E-state index in [1.807, 2.05) is 6.07 Å². The third-order valence-electron chi connectivity index (χ3n) is 3.46. The second-order valence-electron chi connectivity index (χ2n) is 4.14. The molecule has 0 bridgehead atoms. The number of hydrogen-bond acceptors (Lipinski definition) is 3. The molecule has 0 aromatic heterocycles. The van der Waals surface area contributed by atoms with Crippen molar-refractivity contribution in [3.05, 3.63) is 30.3 Å². The van der Waals surface area contributed by atoms with Gasteiger partial charge in [0.1, 0.15) is 8.80 Å². The maximum atomic E-state index is 5.71. The molecular weight excluding hydrogens is 248 g/mol. The summed E-state index contributed by atoms with van der Waals surface area (Å²) in [6.07, 6.45) is 0. The summed E-state index contributed by atoms with van der Waals surface area (Å²) in [6, 6.07) is 10.4. The maximum Gasteiger partial charge on any atom is 0.173 e. The van der Waals surface area contributed by atoms with Crippen LogP contribution in [0, 0.1) is 0 Å². The van der Waals surface area contributed by atoms with Gasteiger partial charge < -0.3 is 14.2 Å². The van der Waals surface area contributed by atoms with E-state index < -0.39 is 14.2 Å². The standard InChI is InChI=1S/C12H22O3Si2/c1-13-11(16)12(14-2,15-3)17(4)10-8-6-5-7-9-10/h5-9,11,17H,1-4,16H3. The van der Waals surface area contributed by atoms with Crippen molar-refractivity contribution < 1.29 is 14.2 Å². The summed E-state index contributed by atoms with van der Waals surface area (Å²) in [5.74, 6) is 0. The second kappa shape index (κ2) is 6.46. The van der Waals surface area contributed by atoms with Crippen molar-refractivity contribution in [2.75, 3.05) is 21.3 Å². The second-order valence-corrected chi connectivity index (χ2v) is 8.10. The zero-order chi connectivity index (χ0) is 12.9. The van der Waals surface area contributed by atoms with Crippen LogP contribution >= 0.6 is 0 Å². The lowest BCUT2D eigenvalue weighted by atomic mass is 10.4. The monoisotopic (exact) mass is 270 g/mol. The van der Waals surface area contributed by atoms with Crippen LogP contribution in [0.2, 0.25) is 6.55 Å². The minimum Gasteiger partial charge on any atom is -0.381 e. The van der Waals surface area contributed by atoms with Crippen LogP contribution in [0.3, 0.4) is 0 Å². The van der Waals surface area contributed by atoms with E-state index in [0.717, 1.165) is 10.2 Å². The lowest BCUT2D eigenvalue weighted by Crippen LogP contribution is -2.62. The molecule has 0 aliphatic rings. The predicted molar refractivity (Wildman–Crippen MR) is 76.6 cm³/mol. The molecular formula is C12H22O3Si2. The predicted octanol–water partition coefficient (Wildman–Crippen LogP) is -0.383. The lowest BCUT2D eigenvalue weighted by Gasteiger charge is -2.40. The van der Waals surface area contributed by atoms with Crippen LogP contribution in [-0.2, 0) is 14.2 Å². The molecule has 2 unspecified atom stereocenters. The average Bonchev–Trinajstić information content (AvgIpc) is 2.41. The summed E-state index contributed by atoms with van der Waals surface area (Å²) < 4.78 is 16.9. The fourth-order valence-electron chi connectivity index (χ4n) is 2.26. The molecule has 0 heterocycles. The normalized spacial score (nSPS) is 15.8. The van der Waals surface area contributed by atoms with Crippen LogP contribution in [0.1, 0.15) is 0 Å².